The maximum absolute atomic E-state index is 12.6. The number of aromatic nitrogens is 2. The minimum Gasteiger partial charge on any atom is -0.352 e. The lowest BCUT2D eigenvalue weighted by atomic mass is 9.48. The molecule has 4 aliphatic carbocycles. The Morgan fingerprint density at radius 3 is 2.63 bits per heavy atom. The van der Waals surface area contributed by atoms with Gasteiger partial charge in [-0.3, -0.25) is 4.79 Å². The highest BCUT2D eigenvalue weighted by atomic mass is 35.5. The van der Waals surface area contributed by atoms with Gasteiger partial charge in [-0.15, -0.1) is 0 Å². The van der Waals surface area contributed by atoms with E-state index < -0.39 is 0 Å². The molecule has 1 aromatic heterocycles. The fourth-order valence-electron chi connectivity index (χ4n) is 6.30. The summed E-state index contributed by atoms with van der Waals surface area (Å²) in [4.78, 5) is 20.4. The molecule has 4 bridgehead atoms. The molecule has 0 unspecified atom stereocenters. The van der Waals surface area contributed by atoms with E-state index in [1.807, 2.05) is 18.2 Å². The van der Waals surface area contributed by atoms with Gasteiger partial charge in [0.1, 0.15) is 0 Å². The first kappa shape index (κ1) is 17.9. The molecule has 144 valence electrons. The van der Waals surface area contributed by atoms with Gasteiger partial charge in [0.05, 0.1) is 16.8 Å². The van der Waals surface area contributed by atoms with Gasteiger partial charge in [-0.25, -0.2) is 4.98 Å². The second-order valence-electron chi connectivity index (χ2n) is 9.06. The van der Waals surface area contributed by atoms with Gasteiger partial charge in [0.25, 0.3) is 0 Å². The van der Waals surface area contributed by atoms with Crippen LogP contribution < -0.4 is 5.32 Å². The predicted molar refractivity (Wildman–Crippen MR) is 110 cm³/mol. The van der Waals surface area contributed by atoms with Crippen molar-refractivity contribution in [1.29, 1.82) is 0 Å². The van der Waals surface area contributed by atoms with Crippen LogP contribution in [0.5, 0.6) is 0 Å². The van der Waals surface area contributed by atoms with Crippen LogP contribution in [-0.2, 0) is 4.79 Å². The minimum atomic E-state index is 0.113. The van der Waals surface area contributed by atoms with Crippen LogP contribution in [0.1, 0.15) is 45.4 Å². The first-order valence-electron chi connectivity index (χ1n) is 10.1. The average Bonchev–Trinajstić information content (AvgIpc) is 3.01. The van der Waals surface area contributed by atoms with Crippen molar-refractivity contribution in [2.24, 2.45) is 23.2 Å². The third-order valence-electron chi connectivity index (χ3n) is 7.14. The van der Waals surface area contributed by atoms with E-state index in [2.05, 4.69) is 22.2 Å². The summed E-state index contributed by atoms with van der Waals surface area (Å²) in [7, 11) is 0. The number of benzene rings is 1. The van der Waals surface area contributed by atoms with Gasteiger partial charge in [0, 0.05) is 11.1 Å². The van der Waals surface area contributed by atoms with Crippen molar-refractivity contribution < 1.29 is 4.79 Å². The number of fused-ring (bicyclic) bond motifs is 1. The lowest BCUT2D eigenvalue weighted by molar-refractivity contribution is -0.123. The molecular weight excluding hydrogens is 378 g/mol. The van der Waals surface area contributed by atoms with E-state index in [4.69, 9.17) is 11.6 Å². The number of aromatic amines is 1. The Balaban J connectivity index is 1.20. The Labute approximate surface area is 169 Å². The molecule has 4 saturated carbocycles. The van der Waals surface area contributed by atoms with E-state index in [1.165, 1.54) is 50.3 Å². The van der Waals surface area contributed by atoms with Gasteiger partial charge in [-0.05, 0) is 86.8 Å². The highest BCUT2D eigenvalue weighted by Crippen LogP contribution is 2.61. The molecule has 1 atom stereocenters. The molecule has 27 heavy (non-hydrogen) atoms. The summed E-state index contributed by atoms with van der Waals surface area (Å²) in [6, 6.07) is 5.86. The third-order valence-corrected chi connectivity index (χ3v) is 8.25. The number of amides is 1. The smallest absolute Gasteiger partial charge is 0.230 e. The number of thioether (sulfide) groups is 1. The fourth-order valence-corrected chi connectivity index (χ4v) is 7.17. The number of rotatable bonds is 5. The molecular formula is C21H26ClN3OS. The van der Waals surface area contributed by atoms with Gasteiger partial charge in [-0.1, -0.05) is 23.4 Å². The van der Waals surface area contributed by atoms with E-state index in [0.29, 0.717) is 16.2 Å². The number of hydrogen-bond donors (Lipinski definition) is 2. The molecule has 1 heterocycles. The van der Waals surface area contributed by atoms with E-state index >= 15 is 0 Å². The Hall–Kier alpha value is -1.20. The van der Waals surface area contributed by atoms with Gasteiger partial charge in [-0.2, -0.15) is 0 Å². The van der Waals surface area contributed by atoms with Crippen LogP contribution in [0.25, 0.3) is 11.0 Å². The maximum atomic E-state index is 12.6. The average molecular weight is 404 g/mol. The molecule has 4 nitrogen and oxygen atoms in total. The topological polar surface area (TPSA) is 57.8 Å². The summed E-state index contributed by atoms with van der Waals surface area (Å²) in [5.74, 6) is 3.23. The van der Waals surface area contributed by atoms with E-state index in [9.17, 15) is 4.79 Å². The molecule has 0 spiro atoms. The number of carbonyl (C=O) groups excluding carboxylic acids is 1. The number of hydrogen-bond acceptors (Lipinski definition) is 3. The highest BCUT2D eigenvalue weighted by Gasteiger charge is 2.53. The van der Waals surface area contributed by atoms with Crippen LogP contribution in [-0.4, -0.2) is 27.7 Å². The number of H-pyrrole nitrogens is 1. The zero-order valence-electron chi connectivity index (χ0n) is 15.6. The van der Waals surface area contributed by atoms with E-state index in [0.717, 1.165) is 33.9 Å². The minimum absolute atomic E-state index is 0.113. The standard InChI is InChI=1S/C21H26ClN3OS/c1-12(21-8-13-4-14(9-21)6-15(5-13)10-21)23-19(26)11-27-20-24-17-3-2-16(22)7-18(17)25-20/h2-3,7,12-15H,4-6,8-11H2,1H3,(H,23,26)(H,24,25)/t12-,13?,14?,15?,21?/m1/s1. The fraction of sp³-hybridized carbons (Fsp3) is 0.619. The van der Waals surface area contributed by atoms with Gasteiger partial charge in [0.2, 0.25) is 5.91 Å². The van der Waals surface area contributed by atoms with Crippen LogP contribution >= 0.6 is 23.4 Å². The second kappa shape index (κ2) is 6.70. The summed E-state index contributed by atoms with van der Waals surface area (Å²) in [6.07, 6.45) is 8.26. The molecule has 0 aliphatic heterocycles. The van der Waals surface area contributed by atoms with Crippen LogP contribution in [0.3, 0.4) is 0 Å². The van der Waals surface area contributed by atoms with Crippen molar-refractivity contribution in [3.8, 4) is 0 Å². The SMILES string of the molecule is C[C@@H](NC(=O)CSc1nc2ccc(Cl)cc2[nH]1)C12CC3CC(CC(C3)C1)C2. The first-order valence-corrected chi connectivity index (χ1v) is 11.4. The summed E-state index contributed by atoms with van der Waals surface area (Å²) < 4.78 is 0. The van der Waals surface area contributed by atoms with Crippen molar-refractivity contribution in [3.63, 3.8) is 0 Å². The summed E-state index contributed by atoms with van der Waals surface area (Å²) >= 11 is 7.48. The number of nitrogens with zero attached hydrogens (tertiary/aromatic N) is 1. The Morgan fingerprint density at radius 1 is 1.30 bits per heavy atom. The number of nitrogens with one attached hydrogen (secondary N) is 2. The second-order valence-corrected chi connectivity index (χ2v) is 10.5. The number of halogens is 1. The molecule has 2 aromatic rings. The zero-order chi connectivity index (χ0) is 18.6. The van der Waals surface area contributed by atoms with Crippen molar-refractivity contribution in [1.82, 2.24) is 15.3 Å². The molecule has 1 aromatic carbocycles. The van der Waals surface area contributed by atoms with Crippen LogP contribution in [0, 0.1) is 23.2 Å². The molecule has 0 saturated heterocycles. The zero-order valence-corrected chi connectivity index (χ0v) is 17.2. The van der Waals surface area contributed by atoms with Gasteiger partial charge < -0.3 is 10.3 Å². The predicted octanol–water partition coefficient (Wildman–Crippen LogP) is 5.03. The van der Waals surface area contributed by atoms with Crippen LogP contribution in [0.15, 0.2) is 23.4 Å². The Bertz CT molecular complexity index is 844. The normalized spacial score (nSPS) is 32.7. The highest BCUT2D eigenvalue weighted by molar-refractivity contribution is 7.99. The summed E-state index contributed by atoms with van der Waals surface area (Å²) in [6.45, 7) is 2.24. The lowest BCUT2D eigenvalue weighted by Crippen LogP contribution is -2.56. The van der Waals surface area contributed by atoms with E-state index in [-0.39, 0.29) is 11.9 Å². The molecule has 2 N–H and O–H groups in total. The van der Waals surface area contributed by atoms with Crippen LogP contribution in [0.2, 0.25) is 5.02 Å². The maximum Gasteiger partial charge on any atom is 0.230 e. The molecule has 6 rings (SSSR count). The van der Waals surface area contributed by atoms with Crippen molar-refractivity contribution in [2.45, 2.75) is 56.6 Å². The molecule has 1 amide bonds. The molecule has 0 radical (unpaired) electrons. The first-order chi connectivity index (χ1) is 13.0. The van der Waals surface area contributed by atoms with Crippen molar-refractivity contribution >= 4 is 40.3 Å². The Kier molecular flexibility index (Phi) is 4.43. The monoisotopic (exact) mass is 403 g/mol. The summed E-state index contributed by atoms with van der Waals surface area (Å²) in [5, 5.41) is 4.78. The van der Waals surface area contributed by atoms with Crippen molar-refractivity contribution in [3.05, 3.63) is 23.2 Å². The lowest BCUT2D eigenvalue weighted by Gasteiger charge is -2.59. The quantitative estimate of drug-likeness (QED) is 0.688. The van der Waals surface area contributed by atoms with Gasteiger partial charge in [0.15, 0.2) is 5.16 Å². The summed E-state index contributed by atoms with van der Waals surface area (Å²) in [5.41, 5.74) is 2.14. The molecule has 6 heteroatoms. The Morgan fingerprint density at radius 2 is 1.96 bits per heavy atom. The third kappa shape index (κ3) is 3.38. The largest absolute Gasteiger partial charge is 0.352 e. The van der Waals surface area contributed by atoms with Gasteiger partial charge >= 0.3 is 0 Å². The van der Waals surface area contributed by atoms with Crippen LogP contribution in [0.4, 0.5) is 0 Å². The van der Waals surface area contributed by atoms with E-state index in [1.54, 1.807) is 0 Å². The molecule has 4 fully saturated rings. The number of carbonyl (C=O) groups is 1. The van der Waals surface area contributed by atoms with Crippen molar-refractivity contribution in [2.75, 3.05) is 5.75 Å². The molecule has 4 aliphatic rings. The number of imidazole rings is 1.